The number of carbonyl (C=O) groups excluding carboxylic acids is 1. The minimum Gasteiger partial charge on any atom is -0.480 e. The van der Waals surface area contributed by atoms with Crippen LogP contribution in [0.1, 0.15) is 34.1 Å². The van der Waals surface area contributed by atoms with Gasteiger partial charge in [0.05, 0.1) is 6.61 Å². The fourth-order valence-corrected chi connectivity index (χ4v) is 1.38. The molecule has 0 aromatic heterocycles. The number of aliphatic carboxylic acids is 1. The van der Waals surface area contributed by atoms with Gasteiger partial charge in [-0.15, -0.1) is 6.58 Å². The van der Waals surface area contributed by atoms with Gasteiger partial charge < -0.3 is 15.2 Å². The molecule has 0 unspecified atom stereocenters. The Morgan fingerprint density at radius 2 is 2.00 bits per heavy atom. The van der Waals surface area contributed by atoms with Gasteiger partial charge in [-0.3, -0.25) is 0 Å². The maximum absolute atomic E-state index is 11.5. The van der Waals surface area contributed by atoms with Crippen LogP contribution in [0, 0.1) is 11.3 Å². The highest BCUT2D eigenvalue weighted by Crippen LogP contribution is 2.19. The number of alkyl carbamates (subject to hydrolysis) is 1. The first-order valence-electron chi connectivity index (χ1n) is 5.95. The number of nitrogens with one attached hydrogen (secondary N) is 1. The number of carboxylic acid groups (broad SMARTS) is 1. The van der Waals surface area contributed by atoms with Crippen LogP contribution in [-0.2, 0) is 9.53 Å². The Morgan fingerprint density at radius 3 is 2.39 bits per heavy atom. The van der Waals surface area contributed by atoms with Gasteiger partial charge in [0.1, 0.15) is 6.04 Å². The van der Waals surface area contributed by atoms with E-state index in [-0.39, 0.29) is 12.5 Å². The van der Waals surface area contributed by atoms with Crippen LogP contribution >= 0.6 is 0 Å². The summed E-state index contributed by atoms with van der Waals surface area (Å²) in [5.74, 6) is -0.898. The van der Waals surface area contributed by atoms with E-state index in [1.807, 2.05) is 6.92 Å². The molecule has 0 aromatic carbocycles. The smallest absolute Gasteiger partial charge is 0.407 e. The molecule has 0 aromatic rings. The average Bonchev–Trinajstić information content (AvgIpc) is 2.21. The molecule has 5 heteroatoms. The molecule has 0 saturated heterocycles. The van der Waals surface area contributed by atoms with Gasteiger partial charge in [-0.05, 0) is 17.8 Å². The van der Waals surface area contributed by atoms with Gasteiger partial charge in [0.25, 0.3) is 0 Å². The monoisotopic (exact) mass is 257 g/mol. The van der Waals surface area contributed by atoms with Crippen LogP contribution in [0.4, 0.5) is 4.79 Å². The van der Waals surface area contributed by atoms with Crippen LogP contribution in [0.2, 0.25) is 0 Å². The summed E-state index contributed by atoms with van der Waals surface area (Å²) in [4.78, 5) is 22.5. The predicted octanol–water partition coefficient (Wildman–Crippen LogP) is 2.42. The van der Waals surface area contributed by atoms with Crippen molar-refractivity contribution in [2.45, 2.75) is 40.2 Å². The molecule has 0 aliphatic rings. The lowest BCUT2D eigenvalue weighted by atomic mass is 9.87. The van der Waals surface area contributed by atoms with Gasteiger partial charge in [0, 0.05) is 0 Å². The minimum absolute atomic E-state index is 0.172. The molecule has 0 fully saturated rings. The number of carboxylic acids is 1. The molecule has 0 spiro atoms. The van der Waals surface area contributed by atoms with Gasteiger partial charge in [-0.2, -0.15) is 0 Å². The Bertz CT molecular complexity index is 307. The molecule has 0 heterocycles. The van der Waals surface area contributed by atoms with E-state index in [1.165, 1.54) is 0 Å². The first-order valence-corrected chi connectivity index (χ1v) is 5.95. The third kappa shape index (κ3) is 6.27. The molecule has 2 atom stereocenters. The fourth-order valence-electron chi connectivity index (χ4n) is 1.38. The third-order valence-corrected chi connectivity index (χ3v) is 2.44. The second-order valence-corrected chi connectivity index (χ2v) is 5.51. The van der Waals surface area contributed by atoms with Crippen molar-refractivity contribution in [3.05, 3.63) is 12.7 Å². The zero-order valence-corrected chi connectivity index (χ0v) is 11.5. The summed E-state index contributed by atoms with van der Waals surface area (Å²) in [5, 5.41) is 11.4. The van der Waals surface area contributed by atoms with Crippen LogP contribution in [0.25, 0.3) is 0 Å². The van der Waals surface area contributed by atoms with Crippen molar-refractivity contribution in [3.8, 4) is 0 Å². The van der Waals surface area contributed by atoms with Gasteiger partial charge in [0.15, 0.2) is 0 Å². The predicted molar refractivity (Wildman–Crippen MR) is 69.3 cm³/mol. The van der Waals surface area contributed by atoms with Crippen molar-refractivity contribution in [1.29, 1.82) is 0 Å². The number of hydrogen-bond acceptors (Lipinski definition) is 3. The number of ether oxygens (including phenoxy) is 1. The number of amides is 1. The molecule has 104 valence electrons. The number of carbonyl (C=O) groups is 2. The van der Waals surface area contributed by atoms with Crippen molar-refractivity contribution in [2.24, 2.45) is 11.3 Å². The van der Waals surface area contributed by atoms with E-state index in [0.29, 0.717) is 0 Å². The molecule has 0 aliphatic heterocycles. The summed E-state index contributed by atoms with van der Waals surface area (Å²) in [6.07, 6.45) is 1.80. The van der Waals surface area contributed by atoms with Crippen molar-refractivity contribution in [2.75, 3.05) is 6.61 Å². The summed E-state index contributed by atoms with van der Waals surface area (Å²) >= 11 is 0. The normalized spacial score (nSPS) is 14.4. The molecule has 0 radical (unpaired) electrons. The van der Waals surface area contributed by atoms with Gasteiger partial charge in [0.2, 0.25) is 0 Å². The number of hydrogen-bond donors (Lipinski definition) is 2. The molecule has 0 rings (SSSR count). The molecule has 0 saturated carbocycles. The summed E-state index contributed by atoms with van der Waals surface area (Å²) < 4.78 is 4.97. The lowest BCUT2D eigenvalue weighted by Gasteiger charge is -2.27. The Kier molecular flexibility index (Phi) is 6.44. The first-order chi connectivity index (χ1) is 8.18. The van der Waals surface area contributed by atoms with E-state index >= 15 is 0 Å². The molecule has 2 N–H and O–H groups in total. The van der Waals surface area contributed by atoms with Crippen LogP contribution in [0.5, 0.6) is 0 Å². The van der Waals surface area contributed by atoms with Crippen molar-refractivity contribution >= 4 is 12.1 Å². The Hall–Kier alpha value is -1.52. The maximum Gasteiger partial charge on any atom is 0.407 e. The van der Waals surface area contributed by atoms with Gasteiger partial charge >= 0.3 is 12.1 Å². The molecular formula is C13H23NO4. The Labute approximate surface area is 108 Å². The highest BCUT2D eigenvalue weighted by atomic mass is 16.5. The van der Waals surface area contributed by atoms with E-state index in [1.54, 1.807) is 26.8 Å². The van der Waals surface area contributed by atoms with Crippen molar-refractivity contribution in [3.63, 3.8) is 0 Å². The standard InChI is InChI=1S/C13H23NO4/c1-6-7-9(2)8-18-12(17)14-10(11(15)16)13(3,4)5/h6,9-10H,1,7-8H2,2-5H3,(H,14,17)(H,15,16)/t9-,10-/m1/s1. The first kappa shape index (κ1) is 16.5. The fraction of sp³-hybridized carbons (Fsp3) is 0.692. The number of rotatable bonds is 6. The second kappa shape index (κ2) is 7.03. The summed E-state index contributed by atoms with van der Waals surface area (Å²) in [6, 6.07) is -0.972. The second-order valence-electron chi connectivity index (χ2n) is 5.51. The van der Waals surface area contributed by atoms with Crippen molar-refractivity contribution in [1.82, 2.24) is 5.32 Å². The van der Waals surface area contributed by atoms with Gasteiger partial charge in [-0.1, -0.05) is 33.8 Å². The lowest BCUT2D eigenvalue weighted by molar-refractivity contribution is -0.142. The largest absolute Gasteiger partial charge is 0.480 e. The highest BCUT2D eigenvalue weighted by Gasteiger charge is 2.33. The topological polar surface area (TPSA) is 75.6 Å². The Balaban J connectivity index is 4.28. The van der Waals surface area contributed by atoms with Gasteiger partial charge in [-0.25, -0.2) is 9.59 Å². The van der Waals surface area contributed by atoms with E-state index in [9.17, 15) is 9.59 Å². The van der Waals surface area contributed by atoms with Crippen LogP contribution in [0.15, 0.2) is 12.7 Å². The maximum atomic E-state index is 11.5. The quantitative estimate of drug-likeness (QED) is 0.716. The molecule has 0 bridgehead atoms. The summed E-state index contributed by atoms with van der Waals surface area (Å²) in [7, 11) is 0. The zero-order valence-electron chi connectivity index (χ0n) is 11.5. The number of allylic oxidation sites excluding steroid dienone is 1. The summed E-state index contributed by atoms with van der Waals surface area (Å²) in [6.45, 7) is 11.0. The molecule has 5 nitrogen and oxygen atoms in total. The third-order valence-electron chi connectivity index (χ3n) is 2.44. The minimum atomic E-state index is -1.07. The van der Waals surface area contributed by atoms with Crippen molar-refractivity contribution < 1.29 is 19.4 Å². The average molecular weight is 257 g/mol. The zero-order chi connectivity index (χ0) is 14.3. The summed E-state index contributed by atoms with van der Waals surface area (Å²) in [5.41, 5.74) is -0.572. The van der Waals surface area contributed by atoms with Crippen LogP contribution in [0.3, 0.4) is 0 Å². The lowest BCUT2D eigenvalue weighted by Crippen LogP contribution is -2.49. The highest BCUT2D eigenvalue weighted by molar-refractivity contribution is 5.80. The van der Waals surface area contributed by atoms with E-state index in [2.05, 4.69) is 11.9 Å². The van der Waals surface area contributed by atoms with Crippen LogP contribution in [-0.4, -0.2) is 29.8 Å². The SMILES string of the molecule is C=CC[C@@H](C)COC(=O)N[C@H](C(=O)O)C(C)(C)C. The van der Waals surface area contributed by atoms with Crippen LogP contribution < -0.4 is 5.32 Å². The molecule has 18 heavy (non-hydrogen) atoms. The van der Waals surface area contributed by atoms with E-state index < -0.39 is 23.5 Å². The molecule has 0 aliphatic carbocycles. The van der Waals surface area contributed by atoms with E-state index in [4.69, 9.17) is 9.84 Å². The van der Waals surface area contributed by atoms with E-state index in [0.717, 1.165) is 6.42 Å². The Morgan fingerprint density at radius 1 is 1.44 bits per heavy atom. The molecular weight excluding hydrogens is 234 g/mol. The molecule has 1 amide bonds.